The van der Waals surface area contributed by atoms with E-state index in [1.807, 2.05) is 25.1 Å². The molecule has 5 nitrogen and oxygen atoms in total. The third-order valence-corrected chi connectivity index (χ3v) is 3.75. The minimum atomic E-state index is -0.500. The van der Waals surface area contributed by atoms with E-state index in [0.29, 0.717) is 11.4 Å². The lowest BCUT2D eigenvalue weighted by Crippen LogP contribution is -2.14. The number of nitrogens with one attached hydrogen (secondary N) is 2. The smallest absolute Gasteiger partial charge is 0.274 e. The zero-order valence-corrected chi connectivity index (χ0v) is 14.4. The van der Waals surface area contributed by atoms with Gasteiger partial charge in [0.2, 0.25) is 0 Å². The van der Waals surface area contributed by atoms with E-state index in [2.05, 4.69) is 15.6 Å². The lowest BCUT2D eigenvalue weighted by atomic mass is 10.2. The van der Waals surface area contributed by atoms with Crippen LogP contribution in [0.15, 0.2) is 60.8 Å². The van der Waals surface area contributed by atoms with Crippen LogP contribution in [0.5, 0.6) is 5.75 Å². The molecule has 0 bridgehead atoms. The second kappa shape index (κ2) is 7.65. The number of hydrogen-bond acceptors (Lipinski definition) is 4. The molecule has 0 unspecified atom stereocenters. The van der Waals surface area contributed by atoms with Crippen molar-refractivity contribution in [2.45, 2.75) is 6.92 Å². The molecule has 3 rings (SSSR count). The van der Waals surface area contributed by atoms with Gasteiger partial charge >= 0.3 is 0 Å². The normalized spacial score (nSPS) is 10.3. The predicted molar refractivity (Wildman–Crippen MR) is 99.6 cm³/mol. The van der Waals surface area contributed by atoms with Crippen LogP contribution in [0.3, 0.4) is 0 Å². The Bertz CT molecular complexity index is 944. The summed E-state index contributed by atoms with van der Waals surface area (Å²) in [6, 6.07) is 15.1. The average molecular weight is 351 g/mol. The Morgan fingerprint density at radius 3 is 2.65 bits per heavy atom. The highest BCUT2D eigenvalue weighted by molar-refractivity contribution is 6.03. The Kier molecular flexibility index (Phi) is 5.12. The number of hydrogen-bond donors (Lipinski definition) is 2. The highest BCUT2D eigenvalue weighted by Gasteiger charge is 2.12. The molecule has 0 radical (unpaired) electrons. The monoisotopic (exact) mass is 351 g/mol. The summed E-state index contributed by atoms with van der Waals surface area (Å²) in [5, 5.41) is 5.74. The van der Waals surface area contributed by atoms with Crippen LogP contribution in [-0.2, 0) is 0 Å². The summed E-state index contributed by atoms with van der Waals surface area (Å²) in [6.45, 7) is 1.98. The molecule has 0 aliphatic heterocycles. The summed E-state index contributed by atoms with van der Waals surface area (Å²) in [7, 11) is 1.59. The Hall–Kier alpha value is -3.41. The van der Waals surface area contributed by atoms with Crippen LogP contribution < -0.4 is 15.4 Å². The third kappa shape index (κ3) is 3.97. The molecule has 2 N–H and O–H groups in total. The van der Waals surface area contributed by atoms with Crippen LogP contribution in [0.1, 0.15) is 16.1 Å². The van der Waals surface area contributed by atoms with E-state index in [1.165, 1.54) is 18.3 Å². The average Bonchev–Trinajstić information content (AvgIpc) is 2.64. The Morgan fingerprint density at radius 2 is 1.88 bits per heavy atom. The number of carbonyl (C=O) groups excluding carboxylic acids is 1. The molecular formula is C20H18FN3O2. The molecule has 26 heavy (non-hydrogen) atoms. The Balaban J connectivity index is 1.81. The van der Waals surface area contributed by atoms with Crippen molar-refractivity contribution in [2.75, 3.05) is 17.7 Å². The van der Waals surface area contributed by atoms with Gasteiger partial charge in [-0.05, 0) is 48.9 Å². The fourth-order valence-electron chi connectivity index (χ4n) is 2.46. The number of para-hydroxylation sites is 1. The number of halogens is 1. The number of methoxy groups -OCH3 is 1. The summed E-state index contributed by atoms with van der Waals surface area (Å²) in [5.74, 6) is -0.306. The second-order valence-corrected chi connectivity index (χ2v) is 5.69. The van der Waals surface area contributed by atoms with Crippen LogP contribution in [0.25, 0.3) is 0 Å². The van der Waals surface area contributed by atoms with Gasteiger partial charge in [0.05, 0.1) is 18.5 Å². The van der Waals surface area contributed by atoms with Crippen molar-refractivity contribution in [3.8, 4) is 5.75 Å². The van der Waals surface area contributed by atoms with E-state index in [-0.39, 0.29) is 11.4 Å². The lowest BCUT2D eigenvalue weighted by Gasteiger charge is -2.13. The molecule has 0 saturated carbocycles. The number of aryl methyl sites for hydroxylation is 1. The first-order chi connectivity index (χ1) is 12.6. The molecular weight excluding hydrogens is 333 g/mol. The Morgan fingerprint density at radius 1 is 1.08 bits per heavy atom. The lowest BCUT2D eigenvalue weighted by molar-refractivity contribution is 0.102. The first-order valence-electron chi connectivity index (χ1n) is 8.00. The van der Waals surface area contributed by atoms with Gasteiger partial charge < -0.3 is 15.4 Å². The number of ether oxygens (including phenoxy) is 1. The van der Waals surface area contributed by atoms with Crippen LogP contribution >= 0.6 is 0 Å². The van der Waals surface area contributed by atoms with Gasteiger partial charge in [-0.25, -0.2) is 4.39 Å². The minimum Gasteiger partial charge on any atom is -0.495 e. The molecule has 0 spiro atoms. The third-order valence-electron chi connectivity index (χ3n) is 3.75. The molecule has 0 saturated heterocycles. The van der Waals surface area contributed by atoms with E-state index in [9.17, 15) is 9.18 Å². The van der Waals surface area contributed by atoms with Gasteiger partial charge in [0.15, 0.2) is 0 Å². The van der Waals surface area contributed by atoms with Crippen LogP contribution in [0.2, 0.25) is 0 Å². The molecule has 1 amide bonds. The fourth-order valence-corrected chi connectivity index (χ4v) is 2.46. The van der Waals surface area contributed by atoms with Crippen molar-refractivity contribution in [3.05, 3.63) is 77.9 Å². The first kappa shape index (κ1) is 17.4. The SMILES string of the molecule is COc1ccc(C)cc1Nc1ccnc(C(=O)Nc2ccccc2F)c1. The molecule has 3 aromatic rings. The Labute approximate surface area is 150 Å². The number of carbonyl (C=O) groups is 1. The van der Waals surface area contributed by atoms with Gasteiger partial charge in [-0.3, -0.25) is 9.78 Å². The first-order valence-corrected chi connectivity index (χ1v) is 8.00. The molecule has 0 fully saturated rings. The van der Waals surface area contributed by atoms with Gasteiger partial charge in [-0.15, -0.1) is 0 Å². The maximum Gasteiger partial charge on any atom is 0.274 e. The molecule has 0 aliphatic rings. The van der Waals surface area contributed by atoms with E-state index in [4.69, 9.17) is 4.74 Å². The summed E-state index contributed by atoms with van der Waals surface area (Å²) in [4.78, 5) is 16.4. The number of amides is 1. The number of rotatable bonds is 5. The van der Waals surface area contributed by atoms with Gasteiger partial charge in [-0.1, -0.05) is 18.2 Å². The van der Waals surface area contributed by atoms with Crippen LogP contribution in [0.4, 0.5) is 21.5 Å². The summed E-state index contributed by atoms with van der Waals surface area (Å²) < 4.78 is 19.0. The van der Waals surface area contributed by atoms with Gasteiger partial charge in [0.25, 0.3) is 5.91 Å². The highest BCUT2D eigenvalue weighted by Crippen LogP contribution is 2.28. The zero-order valence-electron chi connectivity index (χ0n) is 14.4. The van der Waals surface area contributed by atoms with E-state index in [1.54, 1.807) is 31.4 Å². The predicted octanol–water partition coefficient (Wildman–Crippen LogP) is 4.53. The molecule has 1 heterocycles. The maximum atomic E-state index is 13.7. The second-order valence-electron chi connectivity index (χ2n) is 5.69. The highest BCUT2D eigenvalue weighted by atomic mass is 19.1. The van der Waals surface area contributed by atoms with Gasteiger partial charge in [0.1, 0.15) is 17.3 Å². The van der Waals surface area contributed by atoms with Crippen LogP contribution in [0, 0.1) is 12.7 Å². The van der Waals surface area contributed by atoms with Gasteiger partial charge in [0, 0.05) is 11.9 Å². The quantitative estimate of drug-likeness (QED) is 0.709. The summed E-state index contributed by atoms with van der Waals surface area (Å²) in [6.07, 6.45) is 1.51. The summed E-state index contributed by atoms with van der Waals surface area (Å²) in [5.41, 5.74) is 2.80. The van der Waals surface area contributed by atoms with E-state index >= 15 is 0 Å². The van der Waals surface area contributed by atoms with E-state index in [0.717, 1.165) is 11.3 Å². The zero-order chi connectivity index (χ0) is 18.5. The minimum absolute atomic E-state index is 0.109. The number of benzene rings is 2. The van der Waals surface area contributed by atoms with Crippen molar-refractivity contribution < 1.29 is 13.9 Å². The molecule has 0 aliphatic carbocycles. The number of nitrogens with zero attached hydrogens (tertiary/aromatic N) is 1. The topological polar surface area (TPSA) is 63.2 Å². The van der Waals surface area contributed by atoms with Crippen molar-refractivity contribution in [1.29, 1.82) is 0 Å². The number of aromatic nitrogens is 1. The van der Waals surface area contributed by atoms with Crippen molar-refractivity contribution in [1.82, 2.24) is 4.98 Å². The van der Waals surface area contributed by atoms with Crippen molar-refractivity contribution in [2.24, 2.45) is 0 Å². The number of anilines is 3. The van der Waals surface area contributed by atoms with Crippen molar-refractivity contribution >= 4 is 23.0 Å². The molecule has 132 valence electrons. The fraction of sp³-hybridized carbons (Fsp3) is 0.100. The molecule has 2 aromatic carbocycles. The molecule has 0 atom stereocenters. The van der Waals surface area contributed by atoms with E-state index < -0.39 is 11.7 Å². The largest absolute Gasteiger partial charge is 0.495 e. The molecule has 1 aromatic heterocycles. The molecule has 6 heteroatoms. The van der Waals surface area contributed by atoms with Crippen LogP contribution in [-0.4, -0.2) is 18.0 Å². The number of pyridine rings is 1. The van der Waals surface area contributed by atoms with Gasteiger partial charge in [-0.2, -0.15) is 0 Å². The maximum absolute atomic E-state index is 13.7. The van der Waals surface area contributed by atoms with Crippen molar-refractivity contribution in [3.63, 3.8) is 0 Å². The standard InChI is InChI=1S/C20H18FN3O2/c1-13-7-8-19(26-2)17(11-13)23-14-9-10-22-18(12-14)20(25)24-16-6-4-3-5-15(16)21/h3-12H,1-2H3,(H,22,23)(H,24,25). The summed E-state index contributed by atoms with van der Waals surface area (Å²) >= 11 is 0.